The van der Waals surface area contributed by atoms with Gasteiger partial charge in [-0.15, -0.1) is 0 Å². The van der Waals surface area contributed by atoms with Gasteiger partial charge in [-0.3, -0.25) is 9.10 Å². The second kappa shape index (κ2) is 7.61. The van der Waals surface area contributed by atoms with Crippen LogP contribution in [0.2, 0.25) is 0 Å². The smallest absolute Gasteiger partial charge is 0.340 e. The number of para-hydroxylation sites is 1. The summed E-state index contributed by atoms with van der Waals surface area (Å²) < 4.78 is 55.5. The zero-order valence-electron chi connectivity index (χ0n) is 13.9. The number of anilines is 1. The molecule has 0 radical (unpaired) electrons. The summed E-state index contributed by atoms with van der Waals surface area (Å²) in [6.45, 7) is -0.779. The molecule has 0 aliphatic carbocycles. The van der Waals surface area contributed by atoms with E-state index in [-0.39, 0.29) is 11.3 Å². The number of sulfonamides is 1. The lowest BCUT2D eigenvalue weighted by atomic mass is 10.1. The van der Waals surface area contributed by atoms with Crippen molar-refractivity contribution >= 4 is 27.5 Å². The number of benzene rings is 2. The predicted molar refractivity (Wildman–Crippen MR) is 90.7 cm³/mol. The van der Waals surface area contributed by atoms with Gasteiger partial charge in [-0.25, -0.2) is 22.0 Å². The molecule has 0 bridgehead atoms. The first-order chi connectivity index (χ1) is 12.1. The summed E-state index contributed by atoms with van der Waals surface area (Å²) in [5.41, 5.74) is -0.422. The molecule has 2 aromatic rings. The third kappa shape index (κ3) is 4.42. The molecule has 2 aromatic carbocycles. The predicted octanol–water partition coefficient (Wildman–Crippen LogP) is 2.40. The molecule has 2 rings (SSSR count). The summed E-state index contributed by atoms with van der Waals surface area (Å²) in [4.78, 5) is 24.2. The third-order valence-corrected chi connectivity index (χ3v) is 4.72. The van der Waals surface area contributed by atoms with Gasteiger partial charge in [-0.2, -0.15) is 0 Å². The van der Waals surface area contributed by atoms with Crippen molar-refractivity contribution in [2.24, 2.45) is 0 Å². The van der Waals surface area contributed by atoms with Gasteiger partial charge < -0.3 is 4.74 Å². The highest BCUT2D eigenvalue weighted by Gasteiger charge is 2.21. The minimum atomic E-state index is -3.62. The molecule has 0 unspecified atom stereocenters. The first kappa shape index (κ1) is 19.5. The van der Waals surface area contributed by atoms with E-state index in [2.05, 4.69) is 0 Å². The highest BCUT2D eigenvalue weighted by atomic mass is 32.2. The zero-order chi connectivity index (χ0) is 19.5. The van der Waals surface area contributed by atoms with Crippen molar-refractivity contribution in [1.29, 1.82) is 0 Å². The normalized spacial score (nSPS) is 11.1. The summed E-state index contributed by atoms with van der Waals surface area (Å²) in [5, 5.41) is 0. The van der Waals surface area contributed by atoms with Crippen molar-refractivity contribution < 1.29 is 31.5 Å². The minimum Gasteiger partial charge on any atom is -0.454 e. The number of ketones is 1. The van der Waals surface area contributed by atoms with Gasteiger partial charge in [-0.1, -0.05) is 12.1 Å². The molecule has 0 saturated carbocycles. The van der Waals surface area contributed by atoms with Gasteiger partial charge in [0.2, 0.25) is 15.8 Å². The van der Waals surface area contributed by atoms with Crippen LogP contribution in [0.4, 0.5) is 14.5 Å². The lowest BCUT2D eigenvalue weighted by Crippen LogP contribution is -2.27. The number of esters is 1. The average molecular weight is 383 g/mol. The van der Waals surface area contributed by atoms with Crippen LogP contribution in [0.1, 0.15) is 20.7 Å². The van der Waals surface area contributed by atoms with E-state index in [1.54, 1.807) is 0 Å². The van der Waals surface area contributed by atoms with E-state index in [0.717, 1.165) is 22.7 Å². The summed E-state index contributed by atoms with van der Waals surface area (Å²) >= 11 is 0. The Morgan fingerprint density at radius 2 is 1.73 bits per heavy atom. The average Bonchev–Trinajstić information content (AvgIpc) is 2.58. The van der Waals surface area contributed by atoms with E-state index in [0.29, 0.717) is 6.07 Å². The molecule has 0 aromatic heterocycles. The van der Waals surface area contributed by atoms with Crippen molar-refractivity contribution in [3.8, 4) is 0 Å². The molecule has 138 valence electrons. The van der Waals surface area contributed by atoms with Gasteiger partial charge in [0, 0.05) is 13.1 Å². The molecule has 9 heteroatoms. The summed E-state index contributed by atoms with van der Waals surface area (Å²) in [5.74, 6) is -3.71. The van der Waals surface area contributed by atoms with Gasteiger partial charge in [0.05, 0.1) is 23.1 Å². The molecule has 0 aliphatic rings. The first-order valence-corrected chi connectivity index (χ1v) is 9.14. The van der Waals surface area contributed by atoms with Crippen LogP contribution >= 0.6 is 0 Å². The maximum absolute atomic E-state index is 13.6. The van der Waals surface area contributed by atoms with Gasteiger partial charge >= 0.3 is 5.97 Å². The lowest BCUT2D eigenvalue weighted by molar-refractivity contribution is 0.0474. The molecule has 0 fully saturated rings. The second-order valence-corrected chi connectivity index (χ2v) is 7.38. The number of hydrogen-bond acceptors (Lipinski definition) is 5. The number of carbonyl (C=O) groups is 2. The highest BCUT2D eigenvalue weighted by molar-refractivity contribution is 7.92. The standard InChI is InChI=1S/C17H15F2NO5S/c1-20(26(2,23)24)15-6-4-3-5-13(15)17(22)25-10-16(21)12-8-7-11(18)9-14(12)19/h3-9H,10H2,1-2H3. The molecule has 6 nitrogen and oxygen atoms in total. The quantitative estimate of drug-likeness (QED) is 0.565. The Balaban J connectivity index is 2.17. The molecule has 0 saturated heterocycles. The largest absolute Gasteiger partial charge is 0.454 e. The fraction of sp³-hybridized carbons (Fsp3) is 0.176. The Morgan fingerprint density at radius 1 is 1.08 bits per heavy atom. The molecular weight excluding hydrogens is 368 g/mol. The van der Waals surface area contributed by atoms with Crippen LogP contribution in [-0.4, -0.2) is 40.1 Å². The molecule has 0 heterocycles. The zero-order valence-corrected chi connectivity index (χ0v) is 14.7. The van der Waals surface area contributed by atoms with Crippen LogP contribution in [0.5, 0.6) is 0 Å². The maximum Gasteiger partial charge on any atom is 0.340 e. The van der Waals surface area contributed by atoms with E-state index in [9.17, 15) is 26.8 Å². The van der Waals surface area contributed by atoms with E-state index in [1.165, 1.54) is 31.3 Å². The van der Waals surface area contributed by atoms with Crippen molar-refractivity contribution in [2.45, 2.75) is 0 Å². The Labute approximate surface area is 149 Å². The summed E-state index contributed by atoms with van der Waals surface area (Å²) in [6, 6.07) is 8.18. The Morgan fingerprint density at radius 3 is 2.35 bits per heavy atom. The van der Waals surface area contributed by atoms with Crippen LogP contribution in [0.15, 0.2) is 42.5 Å². The topological polar surface area (TPSA) is 80.8 Å². The van der Waals surface area contributed by atoms with E-state index in [4.69, 9.17) is 4.74 Å². The van der Waals surface area contributed by atoms with E-state index in [1.807, 2.05) is 0 Å². The Kier molecular flexibility index (Phi) is 5.71. The first-order valence-electron chi connectivity index (χ1n) is 7.29. The SMILES string of the molecule is CN(c1ccccc1C(=O)OCC(=O)c1ccc(F)cc1F)S(C)(=O)=O. The fourth-order valence-electron chi connectivity index (χ4n) is 2.10. The number of Topliss-reactive ketones (excluding diaryl/α,β-unsaturated/α-hetero) is 1. The molecule has 0 spiro atoms. The fourth-order valence-corrected chi connectivity index (χ4v) is 2.62. The van der Waals surface area contributed by atoms with Crippen LogP contribution in [-0.2, 0) is 14.8 Å². The summed E-state index contributed by atoms with van der Waals surface area (Å²) in [6.07, 6.45) is 0.968. The molecule has 0 atom stereocenters. The maximum atomic E-state index is 13.6. The van der Waals surface area contributed by atoms with Gasteiger partial charge in [0.15, 0.2) is 6.61 Å². The van der Waals surface area contributed by atoms with Crippen molar-refractivity contribution in [3.05, 3.63) is 65.2 Å². The van der Waals surface area contributed by atoms with Crippen LogP contribution in [0, 0.1) is 11.6 Å². The van der Waals surface area contributed by atoms with Crippen LogP contribution in [0.25, 0.3) is 0 Å². The lowest BCUT2D eigenvalue weighted by Gasteiger charge is -2.19. The number of ether oxygens (including phenoxy) is 1. The van der Waals surface area contributed by atoms with Crippen molar-refractivity contribution in [3.63, 3.8) is 0 Å². The van der Waals surface area contributed by atoms with Gasteiger partial charge in [-0.05, 0) is 24.3 Å². The molecular formula is C17H15F2NO5S. The monoisotopic (exact) mass is 383 g/mol. The highest BCUT2D eigenvalue weighted by Crippen LogP contribution is 2.22. The van der Waals surface area contributed by atoms with Crippen LogP contribution < -0.4 is 4.31 Å². The number of carbonyl (C=O) groups excluding carboxylic acids is 2. The Hall–Kier alpha value is -2.81. The Bertz CT molecular complexity index is 959. The van der Waals surface area contributed by atoms with Gasteiger partial charge in [0.25, 0.3) is 0 Å². The number of halogens is 2. The second-order valence-electron chi connectivity index (χ2n) is 5.37. The van der Waals surface area contributed by atoms with Crippen LogP contribution in [0.3, 0.4) is 0 Å². The minimum absolute atomic E-state index is 0.0698. The van der Waals surface area contributed by atoms with E-state index >= 15 is 0 Å². The van der Waals surface area contributed by atoms with Gasteiger partial charge in [0.1, 0.15) is 11.6 Å². The number of nitrogens with zero attached hydrogens (tertiary/aromatic N) is 1. The van der Waals surface area contributed by atoms with E-state index < -0.39 is 45.6 Å². The van der Waals surface area contributed by atoms with Crippen molar-refractivity contribution in [1.82, 2.24) is 0 Å². The number of hydrogen-bond donors (Lipinski definition) is 0. The number of rotatable bonds is 6. The summed E-state index contributed by atoms with van der Waals surface area (Å²) in [7, 11) is -2.36. The molecule has 26 heavy (non-hydrogen) atoms. The van der Waals surface area contributed by atoms with Crippen molar-refractivity contribution in [2.75, 3.05) is 24.2 Å². The third-order valence-electron chi connectivity index (χ3n) is 3.53. The molecule has 0 amide bonds. The molecule has 0 N–H and O–H groups in total. The molecule has 0 aliphatic heterocycles.